The van der Waals surface area contributed by atoms with Gasteiger partial charge in [0.15, 0.2) is 0 Å². The first-order chi connectivity index (χ1) is 9.66. The third-order valence-electron chi connectivity index (χ3n) is 2.68. The number of aryl methyl sites for hydroxylation is 2. The summed E-state index contributed by atoms with van der Waals surface area (Å²) in [6.07, 6.45) is 7.89. The van der Waals surface area contributed by atoms with E-state index in [1.807, 2.05) is 35.6 Å². The molecular formula is C11H16BF4N4O-. The van der Waals surface area contributed by atoms with Crippen molar-refractivity contribution in [2.45, 2.75) is 18.9 Å². The highest BCUT2D eigenvalue weighted by Crippen LogP contribution is 2.07. The maximum absolute atomic E-state index is 9.94. The molecule has 0 aliphatic carbocycles. The van der Waals surface area contributed by atoms with Gasteiger partial charge in [-0.25, -0.2) is 9.97 Å². The maximum atomic E-state index is 9.94. The molecule has 1 N–H and O–H groups in total. The first-order valence-electron chi connectivity index (χ1n) is 6.14. The van der Waals surface area contributed by atoms with E-state index in [2.05, 4.69) is 9.97 Å². The summed E-state index contributed by atoms with van der Waals surface area (Å²) in [6, 6.07) is 0. The topological polar surface area (TPSA) is 55.9 Å². The van der Waals surface area contributed by atoms with E-state index >= 15 is 0 Å². The fourth-order valence-electron chi connectivity index (χ4n) is 1.68. The van der Waals surface area contributed by atoms with Gasteiger partial charge in [0.05, 0.1) is 6.10 Å². The molecule has 0 saturated carbocycles. The van der Waals surface area contributed by atoms with Crippen molar-refractivity contribution in [2.75, 3.05) is 0 Å². The molecule has 0 unspecified atom stereocenters. The predicted octanol–water partition coefficient (Wildman–Crippen LogP) is 1.60. The van der Waals surface area contributed by atoms with Gasteiger partial charge in [-0.3, -0.25) is 0 Å². The molecule has 10 heteroatoms. The number of aromatic nitrogens is 4. The molecule has 2 aromatic rings. The SMILES string of the molecule is Cn1ccnc1CC(O)Cc1nccn1C.F[B-](F)(F)F. The lowest BCUT2D eigenvalue weighted by Crippen LogP contribution is -2.18. The summed E-state index contributed by atoms with van der Waals surface area (Å²) < 4.78 is 42.8. The van der Waals surface area contributed by atoms with Gasteiger partial charge < -0.3 is 31.5 Å². The molecule has 0 atom stereocenters. The van der Waals surface area contributed by atoms with Crippen molar-refractivity contribution in [2.24, 2.45) is 14.1 Å². The molecule has 118 valence electrons. The van der Waals surface area contributed by atoms with Gasteiger partial charge in [0.2, 0.25) is 0 Å². The Bertz CT molecular complexity index is 506. The largest absolute Gasteiger partial charge is 0.673 e. The van der Waals surface area contributed by atoms with E-state index in [1.54, 1.807) is 12.4 Å². The highest BCUT2D eigenvalue weighted by atomic mass is 19.5. The molecule has 2 rings (SSSR count). The first-order valence-corrected chi connectivity index (χ1v) is 6.14. The van der Waals surface area contributed by atoms with Crippen LogP contribution in [0.3, 0.4) is 0 Å². The van der Waals surface area contributed by atoms with E-state index in [4.69, 9.17) is 0 Å². The Balaban J connectivity index is 0.000000383. The normalized spacial score (nSPS) is 11.4. The molecule has 2 heterocycles. The Kier molecular flexibility index (Phi) is 5.95. The molecule has 0 bridgehead atoms. The van der Waals surface area contributed by atoms with Crippen LogP contribution in [0.4, 0.5) is 17.3 Å². The Labute approximate surface area is 119 Å². The Hall–Kier alpha value is -1.84. The maximum Gasteiger partial charge on any atom is 0.673 e. The standard InChI is InChI=1S/C11H16N4O.BF4/c1-14-5-3-12-10(14)7-9(16)8-11-13-4-6-15(11)2;2-1(3,4)5/h3-6,9,16H,7-8H2,1-2H3;/q;-1. The minimum atomic E-state index is -6.00. The second-order valence-corrected chi connectivity index (χ2v) is 4.47. The number of hydrogen-bond donors (Lipinski definition) is 1. The highest BCUT2D eigenvalue weighted by Gasteiger charge is 2.20. The lowest BCUT2D eigenvalue weighted by molar-refractivity contribution is 0.168. The molecule has 0 fully saturated rings. The van der Waals surface area contributed by atoms with Crippen molar-refractivity contribution in [3.05, 3.63) is 36.4 Å². The second-order valence-electron chi connectivity index (χ2n) is 4.47. The van der Waals surface area contributed by atoms with Crippen molar-refractivity contribution < 1.29 is 22.4 Å². The Morgan fingerprint density at radius 3 is 1.57 bits per heavy atom. The molecule has 0 radical (unpaired) electrons. The van der Waals surface area contributed by atoms with Crippen LogP contribution in [-0.4, -0.2) is 37.6 Å². The Morgan fingerprint density at radius 1 is 1.00 bits per heavy atom. The van der Waals surface area contributed by atoms with Crippen LogP contribution in [-0.2, 0) is 26.9 Å². The number of aliphatic hydroxyl groups is 1. The van der Waals surface area contributed by atoms with E-state index in [9.17, 15) is 22.4 Å². The van der Waals surface area contributed by atoms with Gasteiger partial charge in [-0.2, -0.15) is 0 Å². The van der Waals surface area contributed by atoms with Gasteiger partial charge in [-0.15, -0.1) is 0 Å². The fourth-order valence-corrected chi connectivity index (χ4v) is 1.68. The Morgan fingerprint density at radius 2 is 1.33 bits per heavy atom. The molecule has 0 aliphatic rings. The van der Waals surface area contributed by atoms with E-state index in [0.29, 0.717) is 12.8 Å². The van der Waals surface area contributed by atoms with Crippen LogP contribution < -0.4 is 0 Å². The summed E-state index contributed by atoms with van der Waals surface area (Å²) >= 11 is 0. The number of hydrogen-bond acceptors (Lipinski definition) is 3. The molecule has 0 amide bonds. The highest BCUT2D eigenvalue weighted by molar-refractivity contribution is 6.50. The minimum Gasteiger partial charge on any atom is -0.418 e. The van der Waals surface area contributed by atoms with Crippen LogP contribution in [0.25, 0.3) is 0 Å². The lowest BCUT2D eigenvalue weighted by Gasteiger charge is -2.10. The number of nitrogens with zero attached hydrogens (tertiary/aromatic N) is 4. The molecule has 0 spiro atoms. The summed E-state index contributed by atoms with van der Waals surface area (Å²) in [7, 11) is -2.15. The van der Waals surface area contributed by atoms with Crippen molar-refractivity contribution in [1.29, 1.82) is 0 Å². The summed E-state index contributed by atoms with van der Waals surface area (Å²) in [5.41, 5.74) is 0. The van der Waals surface area contributed by atoms with Crippen molar-refractivity contribution in [3.63, 3.8) is 0 Å². The third kappa shape index (κ3) is 6.93. The predicted molar refractivity (Wildman–Crippen MR) is 70.0 cm³/mol. The molecule has 0 saturated heterocycles. The molecular weight excluding hydrogens is 291 g/mol. The van der Waals surface area contributed by atoms with Crippen LogP contribution in [0.1, 0.15) is 11.6 Å². The summed E-state index contributed by atoms with van der Waals surface area (Å²) in [4.78, 5) is 8.37. The monoisotopic (exact) mass is 307 g/mol. The van der Waals surface area contributed by atoms with Crippen molar-refractivity contribution in [3.8, 4) is 0 Å². The minimum absolute atomic E-state index is 0.442. The third-order valence-corrected chi connectivity index (χ3v) is 2.68. The van der Waals surface area contributed by atoms with E-state index in [0.717, 1.165) is 11.6 Å². The summed E-state index contributed by atoms with van der Waals surface area (Å²) in [5, 5.41) is 9.94. The zero-order chi connectivity index (χ0) is 16.0. The second kappa shape index (κ2) is 7.25. The number of halogens is 4. The van der Waals surface area contributed by atoms with Crippen LogP contribution >= 0.6 is 0 Å². The van der Waals surface area contributed by atoms with Crippen LogP contribution in [0.2, 0.25) is 0 Å². The van der Waals surface area contributed by atoms with Crippen molar-refractivity contribution >= 4 is 7.25 Å². The van der Waals surface area contributed by atoms with Crippen LogP contribution in [0.15, 0.2) is 24.8 Å². The zero-order valence-electron chi connectivity index (χ0n) is 11.6. The van der Waals surface area contributed by atoms with Gasteiger partial charge in [0.25, 0.3) is 0 Å². The number of imidazole rings is 2. The van der Waals surface area contributed by atoms with E-state index in [-0.39, 0.29) is 0 Å². The quantitative estimate of drug-likeness (QED) is 0.689. The van der Waals surface area contributed by atoms with Gasteiger partial charge in [-0.05, 0) is 0 Å². The smallest absolute Gasteiger partial charge is 0.418 e. The average molecular weight is 307 g/mol. The van der Waals surface area contributed by atoms with Crippen LogP contribution in [0, 0.1) is 0 Å². The molecule has 5 nitrogen and oxygen atoms in total. The lowest BCUT2D eigenvalue weighted by atomic mass is 10.1. The van der Waals surface area contributed by atoms with E-state index in [1.165, 1.54) is 0 Å². The van der Waals surface area contributed by atoms with Gasteiger partial charge in [0.1, 0.15) is 11.6 Å². The van der Waals surface area contributed by atoms with Crippen LogP contribution in [0.5, 0.6) is 0 Å². The number of rotatable bonds is 4. The van der Waals surface area contributed by atoms with E-state index < -0.39 is 13.4 Å². The van der Waals surface area contributed by atoms with Gasteiger partial charge >= 0.3 is 7.25 Å². The van der Waals surface area contributed by atoms with Crippen molar-refractivity contribution in [1.82, 2.24) is 19.1 Å². The fraction of sp³-hybridized carbons (Fsp3) is 0.455. The molecule has 0 aromatic carbocycles. The summed E-state index contributed by atoms with van der Waals surface area (Å²) in [6.45, 7) is 0. The first kappa shape index (κ1) is 17.2. The molecule has 0 aliphatic heterocycles. The summed E-state index contributed by atoms with van der Waals surface area (Å²) in [5.74, 6) is 1.78. The van der Waals surface area contributed by atoms with Gasteiger partial charge in [-0.1, -0.05) is 0 Å². The average Bonchev–Trinajstić information content (AvgIpc) is 2.88. The molecule has 2 aromatic heterocycles. The molecule has 21 heavy (non-hydrogen) atoms. The zero-order valence-corrected chi connectivity index (χ0v) is 11.6. The van der Waals surface area contributed by atoms with Gasteiger partial charge in [0, 0.05) is 51.7 Å². The number of aliphatic hydroxyl groups excluding tert-OH is 1.